The summed E-state index contributed by atoms with van der Waals surface area (Å²) >= 11 is 0. The molecule has 0 aliphatic rings. The summed E-state index contributed by atoms with van der Waals surface area (Å²) in [5, 5.41) is 21.0. The summed E-state index contributed by atoms with van der Waals surface area (Å²) in [6, 6.07) is 9.81. The number of aliphatic hydroxyl groups excluding tert-OH is 2. The summed E-state index contributed by atoms with van der Waals surface area (Å²) in [5.41, 5.74) is 1.00. The summed E-state index contributed by atoms with van der Waals surface area (Å²) < 4.78 is 1.91. The van der Waals surface area contributed by atoms with Gasteiger partial charge in [-0.25, -0.2) is 4.98 Å². The molecule has 0 amide bonds. The molecule has 0 radical (unpaired) electrons. The Morgan fingerprint density at radius 2 is 1.89 bits per heavy atom. The molecule has 0 bridgehead atoms. The Kier molecular flexibility index (Phi) is 4.33. The molecule has 1 aromatic carbocycles. The highest BCUT2D eigenvalue weighted by Crippen LogP contribution is 2.21. The lowest BCUT2D eigenvalue weighted by molar-refractivity contribution is 0.277. The van der Waals surface area contributed by atoms with Crippen LogP contribution in [0, 0.1) is 0 Å². The lowest BCUT2D eigenvalue weighted by Gasteiger charge is -2.11. The smallest absolute Gasteiger partial charge is 0.141 e. The van der Waals surface area contributed by atoms with E-state index in [0.29, 0.717) is 13.1 Å². The summed E-state index contributed by atoms with van der Waals surface area (Å²) in [5.74, 6) is 1.61. The van der Waals surface area contributed by atoms with Gasteiger partial charge >= 0.3 is 0 Å². The molecule has 2 aromatic rings. The minimum Gasteiger partial charge on any atom is -0.395 e. The molecular weight excluding hydrogens is 230 g/mol. The number of hydrogen-bond donors (Lipinski definition) is 3. The monoisotopic (exact) mass is 247 g/mol. The van der Waals surface area contributed by atoms with Gasteiger partial charge < -0.3 is 20.1 Å². The fourth-order valence-corrected chi connectivity index (χ4v) is 1.84. The van der Waals surface area contributed by atoms with Crippen LogP contribution in [-0.2, 0) is 6.54 Å². The summed E-state index contributed by atoms with van der Waals surface area (Å²) in [6.45, 7) is 1.04. The second-order valence-electron chi connectivity index (χ2n) is 3.86. The predicted molar refractivity (Wildman–Crippen MR) is 70.3 cm³/mol. The molecule has 2 rings (SSSR count). The third-order valence-corrected chi connectivity index (χ3v) is 2.63. The molecule has 0 saturated heterocycles. The molecule has 0 saturated carbocycles. The Labute approximate surface area is 106 Å². The Bertz CT molecular complexity index is 482. The molecule has 0 aliphatic heterocycles. The van der Waals surface area contributed by atoms with E-state index in [2.05, 4.69) is 10.3 Å². The van der Waals surface area contributed by atoms with Crippen molar-refractivity contribution >= 4 is 5.82 Å². The van der Waals surface area contributed by atoms with E-state index in [9.17, 15) is 0 Å². The van der Waals surface area contributed by atoms with E-state index in [1.807, 2.05) is 34.9 Å². The number of nitrogens with one attached hydrogen (secondary N) is 1. The lowest BCUT2D eigenvalue weighted by Crippen LogP contribution is -2.12. The number of rotatable bonds is 6. The maximum absolute atomic E-state index is 9.13. The molecule has 96 valence electrons. The van der Waals surface area contributed by atoms with E-state index in [1.54, 1.807) is 6.20 Å². The van der Waals surface area contributed by atoms with Crippen LogP contribution >= 0.6 is 0 Å². The van der Waals surface area contributed by atoms with Gasteiger partial charge in [0.15, 0.2) is 0 Å². The Morgan fingerprint density at radius 3 is 2.56 bits per heavy atom. The summed E-state index contributed by atoms with van der Waals surface area (Å²) in [6.07, 6.45) is 1.72. The van der Waals surface area contributed by atoms with Crippen LogP contribution < -0.4 is 5.32 Å². The normalized spacial score (nSPS) is 10.6. The summed E-state index contributed by atoms with van der Waals surface area (Å²) in [4.78, 5) is 4.37. The molecule has 0 spiro atoms. The van der Waals surface area contributed by atoms with Crippen molar-refractivity contribution in [1.29, 1.82) is 0 Å². The van der Waals surface area contributed by atoms with Crippen LogP contribution in [0.3, 0.4) is 0 Å². The first-order valence-corrected chi connectivity index (χ1v) is 5.93. The van der Waals surface area contributed by atoms with Gasteiger partial charge in [-0.05, 0) is 0 Å². The third kappa shape index (κ3) is 2.69. The van der Waals surface area contributed by atoms with Crippen molar-refractivity contribution in [3.8, 4) is 11.4 Å². The van der Waals surface area contributed by atoms with Crippen molar-refractivity contribution in [1.82, 2.24) is 9.55 Å². The zero-order valence-corrected chi connectivity index (χ0v) is 10.1. The van der Waals surface area contributed by atoms with Crippen LogP contribution in [0.5, 0.6) is 0 Å². The molecular formula is C13H17N3O2. The molecule has 0 fully saturated rings. The first-order valence-electron chi connectivity index (χ1n) is 5.93. The van der Waals surface area contributed by atoms with Crippen LogP contribution in [0.15, 0.2) is 36.5 Å². The molecule has 3 N–H and O–H groups in total. The number of aromatic nitrogens is 2. The van der Waals surface area contributed by atoms with Crippen LogP contribution in [0.2, 0.25) is 0 Å². The molecule has 1 heterocycles. The lowest BCUT2D eigenvalue weighted by atomic mass is 10.2. The number of nitrogens with zero attached hydrogens (tertiary/aromatic N) is 2. The van der Waals surface area contributed by atoms with E-state index in [1.165, 1.54) is 0 Å². The predicted octanol–water partition coefficient (Wildman–Crippen LogP) is 0.947. The van der Waals surface area contributed by atoms with Crippen molar-refractivity contribution in [3.63, 3.8) is 0 Å². The largest absolute Gasteiger partial charge is 0.395 e. The minimum absolute atomic E-state index is 0.0456. The second-order valence-corrected chi connectivity index (χ2v) is 3.86. The standard InChI is InChI=1S/C13H17N3O2/c17-8-6-14-12-10-15-13(16(12)7-9-18)11-4-2-1-3-5-11/h1-5,10,14,17-18H,6-9H2. The number of hydrogen-bond acceptors (Lipinski definition) is 4. The van der Waals surface area contributed by atoms with E-state index in [4.69, 9.17) is 10.2 Å². The third-order valence-electron chi connectivity index (χ3n) is 2.63. The first kappa shape index (κ1) is 12.6. The van der Waals surface area contributed by atoms with Crippen LogP contribution in [-0.4, -0.2) is 39.5 Å². The van der Waals surface area contributed by atoms with E-state index >= 15 is 0 Å². The Hall–Kier alpha value is -1.85. The number of imidazole rings is 1. The average molecular weight is 247 g/mol. The van der Waals surface area contributed by atoms with Gasteiger partial charge in [-0.1, -0.05) is 30.3 Å². The van der Waals surface area contributed by atoms with Gasteiger partial charge in [-0.15, -0.1) is 0 Å². The van der Waals surface area contributed by atoms with Crippen molar-refractivity contribution in [2.75, 3.05) is 25.1 Å². The van der Waals surface area contributed by atoms with Crippen LogP contribution in [0.4, 0.5) is 5.82 Å². The highest BCUT2D eigenvalue weighted by Gasteiger charge is 2.10. The van der Waals surface area contributed by atoms with E-state index < -0.39 is 0 Å². The number of anilines is 1. The number of aliphatic hydroxyl groups is 2. The van der Waals surface area contributed by atoms with Gasteiger partial charge in [-0.2, -0.15) is 0 Å². The Balaban J connectivity index is 2.32. The topological polar surface area (TPSA) is 70.3 Å². The Morgan fingerprint density at radius 1 is 1.11 bits per heavy atom. The van der Waals surface area contributed by atoms with Gasteiger partial charge in [0.05, 0.1) is 19.4 Å². The molecule has 1 aromatic heterocycles. The zero-order valence-electron chi connectivity index (χ0n) is 10.1. The maximum atomic E-state index is 9.13. The molecule has 18 heavy (non-hydrogen) atoms. The second kappa shape index (κ2) is 6.18. The van der Waals surface area contributed by atoms with Crippen molar-refractivity contribution in [2.24, 2.45) is 0 Å². The molecule has 5 nitrogen and oxygen atoms in total. The molecule has 5 heteroatoms. The van der Waals surface area contributed by atoms with Gasteiger partial charge in [0, 0.05) is 18.7 Å². The first-order chi connectivity index (χ1) is 8.86. The van der Waals surface area contributed by atoms with Crippen LogP contribution in [0.1, 0.15) is 0 Å². The zero-order chi connectivity index (χ0) is 12.8. The summed E-state index contributed by atoms with van der Waals surface area (Å²) in [7, 11) is 0. The molecule has 0 aliphatic carbocycles. The van der Waals surface area contributed by atoms with Crippen molar-refractivity contribution in [2.45, 2.75) is 6.54 Å². The van der Waals surface area contributed by atoms with Crippen LogP contribution in [0.25, 0.3) is 11.4 Å². The van der Waals surface area contributed by atoms with Gasteiger partial charge in [0.1, 0.15) is 11.6 Å². The van der Waals surface area contributed by atoms with Crippen molar-refractivity contribution < 1.29 is 10.2 Å². The molecule has 0 unspecified atom stereocenters. The maximum Gasteiger partial charge on any atom is 0.141 e. The highest BCUT2D eigenvalue weighted by molar-refractivity contribution is 5.59. The number of benzene rings is 1. The highest BCUT2D eigenvalue weighted by atomic mass is 16.3. The average Bonchev–Trinajstić information content (AvgIpc) is 2.81. The SMILES string of the molecule is OCCNc1cnc(-c2ccccc2)n1CCO. The van der Waals surface area contributed by atoms with E-state index in [0.717, 1.165) is 17.2 Å². The van der Waals surface area contributed by atoms with Gasteiger partial charge in [0.25, 0.3) is 0 Å². The fourth-order valence-electron chi connectivity index (χ4n) is 1.84. The van der Waals surface area contributed by atoms with Gasteiger partial charge in [0.2, 0.25) is 0 Å². The van der Waals surface area contributed by atoms with E-state index in [-0.39, 0.29) is 13.2 Å². The quantitative estimate of drug-likeness (QED) is 0.710. The minimum atomic E-state index is 0.0456. The van der Waals surface area contributed by atoms with Crippen molar-refractivity contribution in [3.05, 3.63) is 36.5 Å². The molecule has 0 atom stereocenters. The fraction of sp³-hybridized carbons (Fsp3) is 0.308. The van der Waals surface area contributed by atoms with Gasteiger partial charge in [-0.3, -0.25) is 0 Å².